The van der Waals surface area contributed by atoms with Gasteiger partial charge in [-0.1, -0.05) is 19.3 Å². The third-order valence-electron chi connectivity index (χ3n) is 2.58. The second kappa shape index (κ2) is 11.7. The summed E-state index contributed by atoms with van der Waals surface area (Å²) in [6.07, 6.45) is 8.75. The van der Waals surface area contributed by atoms with Gasteiger partial charge in [-0.05, 0) is 26.7 Å². The number of rotatable bonds is 4. The molecule has 5 heteroatoms. The predicted octanol–water partition coefficient (Wildman–Crippen LogP) is 1.95. The van der Waals surface area contributed by atoms with Gasteiger partial charge in [-0.15, -0.1) is 0 Å². The molecule has 0 spiro atoms. The Morgan fingerprint density at radius 1 is 1.00 bits per heavy atom. The quantitative estimate of drug-likeness (QED) is 0.624. The zero-order valence-corrected chi connectivity index (χ0v) is 11.9. The first-order chi connectivity index (χ1) is 9.10. The molecule has 1 rings (SSSR count). The summed E-state index contributed by atoms with van der Waals surface area (Å²) in [4.78, 5) is 21.3. The molecule has 0 aromatic heterocycles. The lowest BCUT2D eigenvalue weighted by Gasteiger charge is -2.15. The van der Waals surface area contributed by atoms with E-state index >= 15 is 0 Å². The second-order valence-electron chi connectivity index (χ2n) is 4.24. The van der Waals surface area contributed by atoms with Crippen LogP contribution < -0.4 is 5.73 Å². The minimum atomic E-state index is -0.537. The fraction of sp³-hybridized carbons (Fsp3) is 0.714. The molecule has 0 amide bonds. The lowest BCUT2D eigenvalue weighted by atomic mass is 9.97. The molecule has 19 heavy (non-hydrogen) atoms. The van der Waals surface area contributed by atoms with Crippen LogP contribution in [0.2, 0.25) is 0 Å². The Morgan fingerprint density at radius 2 is 1.42 bits per heavy atom. The van der Waals surface area contributed by atoms with Gasteiger partial charge in [-0.25, -0.2) is 9.59 Å². The molecule has 0 aromatic carbocycles. The molecule has 2 N–H and O–H groups in total. The molecule has 5 nitrogen and oxygen atoms in total. The standard InChI is InChI=1S/C8H12O4.C6H13N/c1-3-11-7(9)5-6-8(10)12-4-2;7-6-4-2-1-3-5-6/h5-6H,3-4H2,1-2H3;6H,1-5,7H2. The maximum atomic E-state index is 10.6. The number of hydrogen-bond donors (Lipinski definition) is 1. The van der Waals surface area contributed by atoms with E-state index in [0.29, 0.717) is 19.3 Å². The summed E-state index contributed by atoms with van der Waals surface area (Å²) in [5, 5.41) is 0. The van der Waals surface area contributed by atoms with Crippen LogP contribution in [-0.2, 0) is 19.1 Å². The van der Waals surface area contributed by atoms with Crippen molar-refractivity contribution in [2.75, 3.05) is 13.2 Å². The monoisotopic (exact) mass is 271 g/mol. The van der Waals surface area contributed by atoms with Gasteiger partial charge >= 0.3 is 11.9 Å². The van der Waals surface area contributed by atoms with Crippen molar-refractivity contribution in [2.45, 2.75) is 52.0 Å². The number of ether oxygens (including phenoxy) is 2. The number of nitrogens with two attached hydrogens (primary N) is 1. The van der Waals surface area contributed by atoms with Crippen LogP contribution in [0, 0.1) is 0 Å². The molecule has 1 aliphatic carbocycles. The molecule has 0 radical (unpaired) electrons. The first-order valence-electron chi connectivity index (χ1n) is 6.87. The van der Waals surface area contributed by atoms with Crippen molar-refractivity contribution in [3.05, 3.63) is 12.2 Å². The van der Waals surface area contributed by atoms with E-state index in [4.69, 9.17) is 5.73 Å². The van der Waals surface area contributed by atoms with Crippen molar-refractivity contribution in [1.29, 1.82) is 0 Å². The third kappa shape index (κ3) is 11.5. The molecule has 110 valence electrons. The molecule has 0 atom stereocenters. The molecule has 1 saturated carbocycles. The molecule has 1 fully saturated rings. The van der Waals surface area contributed by atoms with Crippen LogP contribution in [0.25, 0.3) is 0 Å². The largest absolute Gasteiger partial charge is 0.463 e. The van der Waals surface area contributed by atoms with Crippen molar-refractivity contribution in [3.8, 4) is 0 Å². The Balaban J connectivity index is 0.000000388. The zero-order chi connectivity index (χ0) is 14.5. The molecule has 0 unspecified atom stereocenters. The van der Waals surface area contributed by atoms with E-state index in [9.17, 15) is 9.59 Å². The van der Waals surface area contributed by atoms with Crippen molar-refractivity contribution in [2.24, 2.45) is 5.73 Å². The maximum Gasteiger partial charge on any atom is 0.330 e. The first kappa shape index (κ1) is 17.6. The lowest BCUT2D eigenvalue weighted by Crippen LogP contribution is -2.22. The smallest absolute Gasteiger partial charge is 0.330 e. The highest BCUT2D eigenvalue weighted by Crippen LogP contribution is 2.14. The van der Waals surface area contributed by atoms with Crippen molar-refractivity contribution >= 4 is 11.9 Å². The van der Waals surface area contributed by atoms with E-state index in [1.165, 1.54) is 32.1 Å². The minimum Gasteiger partial charge on any atom is -0.463 e. The van der Waals surface area contributed by atoms with Crippen LogP contribution in [-0.4, -0.2) is 31.2 Å². The van der Waals surface area contributed by atoms with Crippen LogP contribution in [0.15, 0.2) is 12.2 Å². The molecule has 0 saturated heterocycles. The van der Waals surface area contributed by atoms with Gasteiger partial charge in [0.25, 0.3) is 0 Å². The van der Waals surface area contributed by atoms with E-state index in [0.717, 1.165) is 12.2 Å². The number of carbonyl (C=O) groups is 2. The van der Waals surface area contributed by atoms with Crippen molar-refractivity contribution < 1.29 is 19.1 Å². The van der Waals surface area contributed by atoms with Crippen LogP contribution in [0.5, 0.6) is 0 Å². The first-order valence-corrected chi connectivity index (χ1v) is 6.87. The van der Waals surface area contributed by atoms with Crippen LogP contribution in [0.4, 0.5) is 0 Å². The van der Waals surface area contributed by atoms with Gasteiger partial charge in [-0.2, -0.15) is 0 Å². The topological polar surface area (TPSA) is 78.6 Å². The Morgan fingerprint density at radius 3 is 1.68 bits per heavy atom. The summed E-state index contributed by atoms with van der Waals surface area (Å²) in [7, 11) is 0. The number of carbonyl (C=O) groups excluding carboxylic acids is 2. The third-order valence-corrected chi connectivity index (χ3v) is 2.58. The van der Waals surface area contributed by atoms with Gasteiger partial charge in [0.1, 0.15) is 0 Å². The second-order valence-corrected chi connectivity index (χ2v) is 4.24. The van der Waals surface area contributed by atoms with E-state index in [1.54, 1.807) is 13.8 Å². The van der Waals surface area contributed by atoms with Crippen LogP contribution in [0.1, 0.15) is 46.0 Å². The average molecular weight is 271 g/mol. The number of hydrogen-bond acceptors (Lipinski definition) is 5. The molecule has 0 aromatic rings. The van der Waals surface area contributed by atoms with E-state index < -0.39 is 11.9 Å². The fourth-order valence-corrected chi connectivity index (χ4v) is 1.65. The van der Waals surface area contributed by atoms with E-state index in [1.807, 2.05) is 0 Å². The highest BCUT2D eigenvalue weighted by Gasteiger charge is 2.06. The SMILES string of the molecule is CCOC(=O)C=CC(=O)OCC.NC1CCCCC1. The van der Waals surface area contributed by atoms with Gasteiger partial charge in [-0.3, -0.25) is 0 Å². The maximum absolute atomic E-state index is 10.6. The summed E-state index contributed by atoms with van der Waals surface area (Å²) in [6.45, 7) is 3.98. The molecule has 0 bridgehead atoms. The van der Waals surface area contributed by atoms with Crippen LogP contribution in [0.3, 0.4) is 0 Å². The van der Waals surface area contributed by atoms with E-state index in [2.05, 4.69) is 9.47 Å². The van der Waals surface area contributed by atoms with Gasteiger partial charge in [0.05, 0.1) is 13.2 Å². The Bertz CT molecular complexity index is 263. The Kier molecular flexibility index (Phi) is 10.9. The summed E-state index contributed by atoms with van der Waals surface area (Å²) in [5.74, 6) is -1.07. The highest BCUT2D eigenvalue weighted by atomic mass is 16.5. The molecular weight excluding hydrogens is 246 g/mol. The van der Waals surface area contributed by atoms with Gasteiger partial charge < -0.3 is 15.2 Å². The molecule has 0 heterocycles. The zero-order valence-electron chi connectivity index (χ0n) is 11.9. The highest BCUT2D eigenvalue weighted by molar-refractivity contribution is 5.91. The lowest BCUT2D eigenvalue weighted by molar-refractivity contribution is -0.140. The van der Waals surface area contributed by atoms with Crippen molar-refractivity contribution in [1.82, 2.24) is 0 Å². The van der Waals surface area contributed by atoms with Gasteiger partial charge in [0.2, 0.25) is 0 Å². The summed E-state index contributed by atoms with van der Waals surface area (Å²) >= 11 is 0. The Hall–Kier alpha value is -1.36. The molecule has 0 aliphatic heterocycles. The average Bonchev–Trinajstić information content (AvgIpc) is 2.39. The van der Waals surface area contributed by atoms with Gasteiger partial charge in [0, 0.05) is 18.2 Å². The number of esters is 2. The summed E-state index contributed by atoms with van der Waals surface area (Å²) in [6, 6.07) is 0.536. The van der Waals surface area contributed by atoms with E-state index in [-0.39, 0.29) is 0 Å². The Labute approximate surface area is 115 Å². The predicted molar refractivity (Wildman–Crippen MR) is 73.5 cm³/mol. The van der Waals surface area contributed by atoms with Crippen molar-refractivity contribution in [3.63, 3.8) is 0 Å². The fourth-order valence-electron chi connectivity index (χ4n) is 1.65. The normalized spacial score (nSPS) is 15.5. The van der Waals surface area contributed by atoms with Gasteiger partial charge in [0.15, 0.2) is 0 Å². The molecular formula is C14H25NO4. The molecule has 1 aliphatic rings. The summed E-state index contributed by atoms with van der Waals surface area (Å²) < 4.78 is 9.07. The van der Waals surface area contributed by atoms with Crippen LogP contribution >= 0.6 is 0 Å². The summed E-state index contributed by atoms with van der Waals surface area (Å²) in [5.41, 5.74) is 5.63. The minimum absolute atomic E-state index is 0.298.